The van der Waals surface area contributed by atoms with Crippen molar-refractivity contribution in [1.82, 2.24) is 10.4 Å². The van der Waals surface area contributed by atoms with Gasteiger partial charge in [-0.3, -0.25) is 5.01 Å². The Balaban J connectivity index is 2.39. The maximum absolute atomic E-state index is 11.4. The van der Waals surface area contributed by atoms with Crippen molar-refractivity contribution in [3.05, 3.63) is 35.9 Å². The molecule has 1 aromatic carbocycles. The first-order chi connectivity index (χ1) is 8.59. The number of hydrazine groups is 1. The van der Waals surface area contributed by atoms with Gasteiger partial charge in [0.1, 0.15) is 5.84 Å². The van der Waals surface area contributed by atoms with E-state index >= 15 is 0 Å². The lowest BCUT2D eigenvalue weighted by molar-refractivity contribution is -0.145. The summed E-state index contributed by atoms with van der Waals surface area (Å²) in [6.07, 6.45) is 1.21. The Morgan fingerprint density at radius 2 is 2.11 bits per heavy atom. The molecule has 0 fully saturated rings. The van der Waals surface area contributed by atoms with E-state index < -0.39 is 11.6 Å². The van der Waals surface area contributed by atoms with Gasteiger partial charge in [0, 0.05) is 12.6 Å². The molecule has 0 bridgehead atoms. The Kier molecular flexibility index (Phi) is 3.34. The van der Waals surface area contributed by atoms with Crippen LogP contribution in [0.15, 0.2) is 35.3 Å². The van der Waals surface area contributed by atoms with Crippen molar-refractivity contribution in [2.45, 2.75) is 25.4 Å². The van der Waals surface area contributed by atoms with Gasteiger partial charge in [-0.25, -0.2) is 9.79 Å². The molecule has 0 amide bonds. The van der Waals surface area contributed by atoms with E-state index in [4.69, 9.17) is 0 Å². The molecule has 1 heterocycles. The monoisotopic (exact) mass is 247 g/mol. The number of carboxylic acids is 1. The Morgan fingerprint density at radius 1 is 1.44 bits per heavy atom. The van der Waals surface area contributed by atoms with Gasteiger partial charge in [0.25, 0.3) is 0 Å². The Hall–Kier alpha value is -1.88. The largest absolute Gasteiger partial charge is 0.478 e. The van der Waals surface area contributed by atoms with Crippen molar-refractivity contribution < 1.29 is 9.90 Å². The highest BCUT2D eigenvalue weighted by Crippen LogP contribution is 2.23. The zero-order valence-electron chi connectivity index (χ0n) is 10.6. The maximum Gasteiger partial charge on any atom is 0.348 e. The van der Waals surface area contributed by atoms with E-state index in [1.807, 2.05) is 37.3 Å². The average Bonchev–Trinajstić information content (AvgIpc) is 2.69. The van der Waals surface area contributed by atoms with Crippen molar-refractivity contribution in [3.8, 4) is 0 Å². The number of aliphatic imine (C=N–C) groups is 1. The van der Waals surface area contributed by atoms with Crippen molar-refractivity contribution >= 4 is 11.8 Å². The highest BCUT2D eigenvalue weighted by atomic mass is 16.4. The fourth-order valence-corrected chi connectivity index (χ4v) is 2.13. The standard InChI is InChI=1S/C13H17N3O2/c1-3-9-13(12(17)18)14-11(16(2)15-13)10-7-5-4-6-8-10/h4-8,15H,3,9H2,1-2H3,(H,17,18). The van der Waals surface area contributed by atoms with E-state index in [2.05, 4.69) is 10.4 Å². The molecule has 0 saturated carbocycles. The molecule has 0 spiro atoms. The molecule has 0 saturated heterocycles. The number of amidine groups is 1. The first-order valence-corrected chi connectivity index (χ1v) is 5.99. The summed E-state index contributed by atoms with van der Waals surface area (Å²) in [7, 11) is 1.78. The average molecular weight is 247 g/mol. The van der Waals surface area contributed by atoms with Gasteiger partial charge >= 0.3 is 5.97 Å². The third kappa shape index (κ3) is 2.09. The Labute approximate surface area is 106 Å². The molecule has 96 valence electrons. The predicted octanol–water partition coefficient (Wildman–Crippen LogP) is 1.46. The van der Waals surface area contributed by atoms with Gasteiger partial charge in [0.2, 0.25) is 5.66 Å². The van der Waals surface area contributed by atoms with E-state index in [0.29, 0.717) is 12.3 Å². The van der Waals surface area contributed by atoms with E-state index in [-0.39, 0.29) is 0 Å². The van der Waals surface area contributed by atoms with Gasteiger partial charge in [0.15, 0.2) is 0 Å². The number of hydrogen-bond donors (Lipinski definition) is 2. The molecular formula is C13H17N3O2. The third-order valence-corrected chi connectivity index (χ3v) is 2.96. The SMILES string of the molecule is CCCC1(C(=O)O)N=C(c2ccccc2)N(C)N1. The lowest BCUT2D eigenvalue weighted by atomic mass is 10.1. The molecule has 5 heteroatoms. The molecule has 1 aliphatic rings. The van der Waals surface area contributed by atoms with Crippen LogP contribution in [0.25, 0.3) is 0 Å². The number of benzene rings is 1. The van der Waals surface area contributed by atoms with Crippen LogP contribution in [0, 0.1) is 0 Å². The first-order valence-electron chi connectivity index (χ1n) is 5.99. The third-order valence-electron chi connectivity index (χ3n) is 2.96. The quantitative estimate of drug-likeness (QED) is 0.845. The predicted molar refractivity (Wildman–Crippen MR) is 69.2 cm³/mol. The molecule has 2 N–H and O–H groups in total. The van der Waals surface area contributed by atoms with Gasteiger partial charge in [-0.15, -0.1) is 0 Å². The number of carbonyl (C=O) groups is 1. The minimum absolute atomic E-state index is 0.461. The zero-order valence-corrected chi connectivity index (χ0v) is 10.6. The molecular weight excluding hydrogens is 230 g/mol. The summed E-state index contributed by atoms with van der Waals surface area (Å²) in [5.74, 6) is -0.284. The molecule has 0 aromatic heterocycles. The molecule has 0 radical (unpaired) electrons. The second kappa shape index (κ2) is 4.78. The van der Waals surface area contributed by atoms with Crippen molar-refractivity contribution in [2.24, 2.45) is 4.99 Å². The normalized spacial score (nSPS) is 23.0. The fraction of sp³-hybridized carbons (Fsp3) is 0.385. The molecule has 2 rings (SSSR count). The maximum atomic E-state index is 11.4. The first kappa shape index (κ1) is 12.6. The lowest BCUT2D eigenvalue weighted by Crippen LogP contribution is -2.52. The van der Waals surface area contributed by atoms with Crippen LogP contribution < -0.4 is 5.43 Å². The number of nitrogens with zero attached hydrogens (tertiary/aromatic N) is 2. The fourth-order valence-electron chi connectivity index (χ4n) is 2.13. The summed E-state index contributed by atoms with van der Waals surface area (Å²) in [5, 5.41) is 11.1. The summed E-state index contributed by atoms with van der Waals surface area (Å²) in [6, 6.07) is 9.57. The highest BCUT2D eigenvalue weighted by molar-refractivity contribution is 6.02. The number of aliphatic carboxylic acids is 1. The van der Waals surface area contributed by atoms with Gasteiger partial charge in [-0.05, 0) is 6.42 Å². The molecule has 1 aliphatic heterocycles. The number of nitrogens with one attached hydrogen (secondary N) is 1. The van der Waals surface area contributed by atoms with Gasteiger partial charge in [-0.2, -0.15) is 5.43 Å². The van der Waals surface area contributed by atoms with E-state index in [0.717, 1.165) is 12.0 Å². The van der Waals surface area contributed by atoms with Gasteiger partial charge in [-0.1, -0.05) is 43.7 Å². The van der Waals surface area contributed by atoms with Crippen molar-refractivity contribution in [1.29, 1.82) is 0 Å². The minimum Gasteiger partial charge on any atom is -0.478 e. The van der Waals surface area contributed by atoms with Crippen LogP contribution in [-0.2, 0) is 4.79 Å². The van der Waals surface area contributed by atoms with E-state index in [9.17, 15) is 9.90 Å². The smallest absolute Gasteiger partial charge is 0.348 e. The molecule has 1 atom stereocenters. The summed E-state index contributed by atoms with van der Waals surface area (Å²) < 4.78 is 0. The Bertz CT molecular complexity index is 472. The second-order valence-corrected chi connectivity index (χ2v) is 4.39. The lowest BCUT2D eigenvalue weighted by Gasteiger charge is -2.23. The van der Waals surface area contributed by atoms with Crippen molar-refractivity contribution in [3.63, 3.8) is 0 Å². The van der Waals surface area contributed by atoms with E-state index in [1.165, 1.54) is 0 Å². The van der Waals surface area contributed by atoms with Crippen LogP contribution in [0.5, 0.6) is 0 Å². The summed E-state index contributed by atoms with van der Waals surface area (Å²) in [6.45, 7) is 1.95. The molecule has 0 aliphatic carbocycles. The summed E-state index contributed by atoms with van der Waals surface area (Å²) in [5.41, 5.74) is 2.63. The van der Waals surface area contributed by atoms with Gasteiger partial charge in [0.05, 0.1) is 0 Å². The molecule has 1 unspecified atom stereocenters. The topological polar surface area (TPSA) is 64.9 Å². The second-order valence-electron chi connectivity index (χ2n) is 4.39. The van der Waals surface area contributed by atoms with Crippen molar-refractivity contribution in [2.75, 3.05) is 7.05 Å². The Morgan fingerprint density at radius 3 is 2.67 bits per heavy atom. The van der Waals surface area contributed by atoms with Gasteiger partial charge < -0.3 is 5.11 Å². The van der Waals surface area contributed by atoms with Crippen LogP contribution in [0.4, 0.5) is 0 Å². The number of carboxylic acid groups (broad SMARTS) is 1. The van der Waals surface area contributed by atoms with Crippen LogP contribution in [0.1, 0.15) is 25.3 Å². The van der Waals surface area contributed by atoms with E-state index in [1.54, 1.807) is 12.1 Å². The molecule has 18 heavy (non-hydrogen) atoms. The molecule has 5 nitrogen and oxygen atoms in total. The minimum atomic E-state index is -1.23. The summed E-state index contributed by atoms with van der Waals surface area (Å²) in [4.78, 5) is 15.8. The summed E-state index contributed by atoms with van der Waals surface area (Å²) >= 11 is 0. The highest BCUT2D eigenvalue weighted by Gasteiger charge is 2.44. The van der Waals surface area contributed by atoms with Crippen LogP contribution >= 0.6 is 0 Å². The number of hydrogen-bond acceptors (Lipinski definition) is 4. The number of rotatable bonds is 4. The van der Waals surface area contributed by atoms with Crippen LogP contribution in [-0.4, -0.2) is 34.6 Å². The van der Waals surface area contributed by atoms with Crippen LogP contribution in [0.2, 0.25) is 0 Å². The molecule has 1 aromatic rings. The van der Waals surface area contributed by atoms with Crippen LogP contribution in [0.3, 0.4) is 0 Å². The zero-order chi connectivity index (χ0) is 13.2.